The smallest absolute Gasteiger partial charge is 0.190 e. The van der Waals surface area contributed by atoms with Crippen LogP contribution in [0.5, 0.6) is 0 Å². The molecule has 0 aliphatic carbocycles. The first-order chi connectivity index (χ1) is 10.4. The van der Waals surface area contributed by atoms with Gasteiger partial charge in [0.2, 0.25) is 0 Å². The first-order valence-electron chi connectivity index (χ1n) is 7.49. The number of ether oxygens (including phenoxy) is 2. The highest BCUT2D eigenvalue weighted by Gasteiger charge is 1.98. The Balaban J connectivity index is 1.94. The number of aliphatic imine (C=N–C) groups is 1. The van der Waals surface area contributed by atoms with Gasteiger partial charge < -0.3 is 24.5 Å². The minimum atomic E-state index is 0.525. The van der Waals surface area contributed by atoms with Crippen molar-refractivity contribution in [2.45, 2.75) is 26.4 Å². The molecule has 1 aromatic heterocycles. The number of hydrogen-bond acceptors (Lipinski definition) is 4. The third kappa shape index (κ3) is 9.10. The molecular formula is C15H27N3O3. The summed E-state index contributed by atoms with van der Waals surface area (Å²) in [6.45, 7) is 6.44. The van der Waals surface area contributed by atoms with Crippen molar-refractivity contribution in [3.8, 4) is 0 Å². The van der Waals surface area contributed by atoms with Crippen LogP contribution in [0.2, 0.25) is 0 Å². The Hall–Kier alpha value is -1.53. The highest BCUT2D eigenvalue weighted by atomic mass is 16.5. The second-order valence-corrected chi connectivity index (χ2v) is 4.46. The SMILES string of the molecule is CCOCCCNC(=NC)NCCCOCc1ccco1. The average molecular weight is 297 g/mol. The minimum absolute atomic E-state index is 0.525. The normalized spacial score (nSPS) is 11.6. The van der Waals surface area contributed by atoms with E-state index in [2.05, 4.69) is 15.6 Å². The Morgan fingerprint density at radius 2 is 1.90 bits per heavy atom. The quantitative estimate of drug-likeness (QED) is 0.370. The van der Waals surface area contributed by atoms with Crippen molar-refractivity contribution in [3.63, 3.8) is 0 Å². The Bertz CT molecular complexity index is 366. The Morgan fingerprint density at radius 3 is 2.48 bits per heavy atom. The van der Waals surface area contributed by atoms with Gasteiger partial charge in [-0.25, -0.2) is 0 Å². The molecule has 6 heteroatoms. The number of hydrogen-bond donors (Lipinski definition) is 2. The monoisotopic (exact) mass is 297 g/mol. The molecule has 1 heterocycles. The van der Waals surface area contributed by atoms with Gasteiger partial charge in [0.1, 0.15) is 12.4 Å². The Kier molecular flexibility index (Phi) is 10.2. The summed E-state index contributed by atoms with van der Waals surface area (Å²) < 4.78 is 16.0. The zero-order chi connectivity index (χ0) is 15.2. The lowest BCUT2D eigenvalue weighted by atomic mass is 10.4. The summed E-state index contributed by atoms with van der Waals surface area (Å²) in [6.07, 6.45) is 3.54. The summed E-state index contributed by atoms with van der Waals surface area (Å²) in [6, 6.07) is 3.77. The molecule has 1 aromatic rings. The first kappa shape index (κ1) is 17.5. The van der Waals surface area contributed by atoms with Gasteiger partial charge in [-0.2, -0.15) is 0 Å². The fourth-order valence-electron chi connectivity index (χ4n) is 1.69. The lowest BCUT2D eigenvalue weighted by Crippen LogP contribution is -2.38. The molecule has 0 unspecified atom stereocenters. The molecule has 0 aliphatic heterocycles. The molecule has 0 aromatic carbocycles. The number of nitrogens with zero attached hydrogens (tertiary/aromatic N) is 1. The molecule has 0 spiro atoms. The van der Waals surface area contributed by atoms with Gasteiger partial charge in [-0.05, 0) is 31.9 Å². The molecule has 1 rings (SSSR count). The van der Waals surface area contributed by atoms with Crippen LogP contribution in [0.25, 0.3) is 0 Å². The third-order valence-corrected chi connectivity index (χ3v) is 2.77. The van der Waals surface area contributed by atoms with Gasteiger partial charge in [0.25, 0.3) is 0 Å². The maximum absolute atomic E-state index is 5.51. The minimum Gasteiger partial charge on any atom is -0.467 e. The maximum atomic E-state index is 5.51. The lowest BCUT2D eigenvalue weighted by molar-refractivity contribution is 0.105. The van der Waals surface area contributed by atoms with Crippen molar-refractivity contribution in [1.82, 2.24) is 10.6 Å². The molecule has 0 saturated carbocycles. The maximum Gasteiger partial charge on any atom is 0.190 e. The van der Waals surface area contributed by atoms with Gasteiger partial charge in [0.05, 0.1) is 6.26 Å². The number of furan rings is 1. The molecule has 0 saturated heterocycles. The average Bonchev–Trinajstić information content (AvgIpc) is 3.01. The predicted molar refractivity (Wildman–Crippen MR) is 83.5 cm³/mol. The van der Waals surface area contributed by atoms with E-state index in [1.165, 1.54) is 0 Å². The molecule has 0 atom stereocenters. The zero-order valence-electron chi connectivity index (χ0n) is 13.1. The second kappa shape index (κ2) is 12.2. The summed E-state index contributed by atoms with van der Waals surface area (Å²) in [5.74, 6) is 1.67. The lowest BCUT2D eigenvalue weighted by Gasteiger charge is -2.11. The largest absolute Gasteiger partial charge is 0.467 e. The van der Waals surface area contributed by atoms with Crippen molar-refractivity contribution >= 4 is 5.96 Å². The molecule has 0 radical (unpaired) electrons. The summed E-state index contributed by atoms with van der Waals surface area (Å²) in [7, 11) is 1.77. The van der Waals surface area contributed by atoms with Crippen molar-refractivity contribution in [2.75, 3.05) is 40.0 Å². The van der Waals surface area contributed by atoms with Crippen LogP contribution in [0.3, 0.4) is 0 Å². The van der Waals surface area contributed by atoms with Gasteiger partial charge in [-0.15, -0.1) is 0 Å². The Labute approximate surface area is 126 Å². The van der Waals surface area contributed by atoms with Crippen LogP contribution >= 0.6 is 0 Å². The van der Waals surface area contributed by atoms with Crippen molar-refractivity contribution in [1.29, 1.82) is 0 Å². The summed E-state index contributed by atoms with van der Waals surface area (Å²) in [4.78, 5) is 4.16. The molecule has 0 aliphatic rings. The van der Waals surface area contributed by atoms with E-state index in [1.54, 1.807) is 13.3 Å². The van der Waals surface area contributed by atoms with E-state index in [0.29, 0.717) is 13.2 Å². The van der Waals surface area contributed by atoms with Crippen LogP contribution in [-0.2, 0) is 16.1 Å². The fraction of sp³-hybridized carbons (Fsp3) is 0.667. The first-order valence-corrected chi connectivity index (χ1v) is 7.49. The third-order valence-electron chi connectivity index (χ3n) is 2.77. The second-order valence-electron chi connectivity index (χ2n) is 4.46. The van der Waals surface area contributed by atoms with E-state index in [-0.39, 0.29) is 0 Å². The highest BCUT2D eigenvalue weighted by Crippen LogP contribution is 2.01. The zero-order valence-corrected chi connectivity index (χ0v) is 13.1. The van der Waals surface area contributed by atoms with Crippen LogP contribution in [0.1, 0.15) is 25.5 Å². The Morgan fingerprint density at radius 1 is 1.19 bits per heavy atom. The van der Waals surface area contributed by atoms with Gasteiger partial charge in [0, 0.05) is 40.0 Å². The van der Waals surface area contributed by atoms with Crippen molar-refractivity contribution in [3.05, 3.63) is 24.2 Å². The molecule has 0 fully saturated rings. The number of rotatable bonds is 11. The topological polar surface area (TPSA) is 68.0 Å². The predicted octanol–water partition coefficient (Wildman–Crippen LogP) is 1.78. The number of guanidine groups is 1. The van der Waals surface area contributed by atoms with Gasteiger partial charge >= 0.3 is 0 Å². The van der Waals surface area contributed by atoms with Crippen LogP contribution in [0, 0.1) is 0 Å². The molecule has 0 amide bonds. The summed E-state index contributed by atoms with van der Waals surface area (Å²) >= 11 is 0. The van der Waals surface area contributed by atoms with Crippen LogP contribution < -0.4 is 10.6 Å². The highest BCUT2D eigenvalue weighted by molar-refractivity contribution is 5.79. The van der Waals surface area contributed by atoms with Crippen LogP contribution in [0.4, 0.5) is 0 Å². The summed E-state index contributed by atoms with van der Waals surface area (Å²) in [5, 5.41) is 6.49. The number of nitrogens with one attached hydrogen (secondary N) is 2. The molecule has 21 heavy (non-hydrogen) atoms. The van der Waals surface area contributed by atoms with E-state index >= 15 is 0 Å². The van der Waals surface area contributed by atoms with E-state index in [1.807, 2.05) is 19.1 Å². The van der Waals surface area contributed by atoms with Gasteiger partial charge in [-0.3, -0.25) is 4.99 Å². The van der Waals surface area contributed by atoms with Gasteiger partial charge in [-0.1, -0.05) is 0 Å². The van der Waals surface area contributed by atoms with E-state index < -0.39 is 0 Å². The summed E-state index contributed by atoms with van der Waals surface area (Å²) in [5.41, 5.74) is 0. The van der Waals surface area contributed by atoms with E-state index in [4.69, 9.17) is 13.9 Å². The molecule has 0 bridgehead atoms. The van der Waals surface area contributed by atoms with Crippen molar-refractivity contribution < 1.29 is 13.9 Å². The van der Waals surface area contributed by atoms with E-state index in [9.17, 15) is 0 Å². The molecule has 2 N–H and O–H groups in total. The van der Waals surface area contributed by atoms with Crippen LogP contribution in [0.15, 0.2) is 27.8 Å². The van der Waals surface area contributed by atoms with Crippen molar-refractivity contribution in [2.24, 2.45) is 4.99 Å². The standard InChI is InChI=1S/C15H27N3O3/c1-3-19-10-5-8-17-15(16-2)18-9-6-11-20-13-14-7-4-12-21-14/h4,7,12H,3,5-6,8-11,13H2,1-2H3,(H2,16,17,18). The van der Waals surface area contributed by atoms with Gasteiger partial charge in [0.15, 0.2) is 5.96 Å². The molecule has 6 nitrogen and oxygen atoms in total. The molecule has 120 valence electrons. The van der Waals surface area contributed by atoms with E-state index in [0.717, 1.165) is 50.9 Å². The molecular weight excluding hydrogens is 270 g/mol. The van der Waals surface area contributed by atoms with Crippen LogP contribution in [-0.4, -0.2) is 45.9 Å². The fourth-order valence-corrected chi connectivity index (χ4v) is 1.69.